The Morgan fingerprint density at radius 3 is 2.73 bits per heavy atom. The fraction of sp³-hybridized carbons (Fsp3) is 0.100. The van der Waals surface area contributed by atoms with Crippen LogP contribution in [0.15, 0.2) is 35.4 Å². The van der Waals surface area contributed by atoms with Gasteiger partial charge in [0.05, 0.1) is 0 Å². The second-order valence-corrected chi connectivity index (χ2v) is 4.36. The van der Waals surface area contributed by atoms with Crippen molar-refractivity contribution in [1.82, 2.24) is 9.59 Å². The molecule has 0 N–H and O–H groups in total. The average molecular weight is 236 g/mol. The summed E-state index contributed by atoms with van der Waals surface area (Å²) in [5.41, 5.74) is 0.679. The first-order valence-electron chi connectivity index (χ1n) is 4.29. The first-order chi connectivity index (χ1) is 7.33. The van der Waals surface area contributed by atoms with Crippen molar-refractivity contribution in [3.63, 3.8) is 0 Å². The lowest BCUT2D eigenvalue weighted by atomic mass is 10.1. The van der Waals surface area contributed by atoms with Crippen LogP contribution in [0.3, 0.4) is 0 Å². The summed E-state index contributed by atoms with van der Waals surface area (Å²) in [6, 6.07) is 9.18. The maximum Gasteiger partial charge on any atom is 0.207 e. The van der Waals surface area contributed by atoms with Crippen molar-refractivity contribution in [2.45, 2.75) is 5.03 Å². The molecule has 1 aromatic heterocycles. The van der Waals surface area contributed by atoms with Gasteiger partial charge in [-0.05, 0) is 17.8 Å². The van der Waals surface area contributed by atoms with Crippen molar-refractivity contribution in [3.8, 4) is 0 Å². The SMILES string of the molecule is CSc1nnsc1C(=O)c1ccccc1. The second kappa shape index (κ2) is 4.55. The monoisotopic (exact) mass is 236 g/mol. The molecule has 0 bridgehead atoms. The van der Waals surface area contributed by atoms with E-state index >= 15 is 0 Å². The van der Waals surface area contributed by atoms with Gasteiger partial charge in [0.1, 0.15) is 9.90 Å². The van der Waals surface area contributed by atoms with Gasteiger partial charge >= 0.3 is 0 Å². The zero-order valence-electron chi connectivity index (χ0n) is 8.01. The fourth-order valence-electron chi connectivity index (χ4n) is 1.18. The normalized spacial score (nSPS) is 10.2. The number of hydrogen-bond donors (Lipinski definition) is 0. The summed E-state index contributed by atoms with van der Waals surface area (Å²) >= 11 is 2.59. The number of carbonyl (C=O) groups is 1. The molecule has 0 saturated heterocycles. The van der Waals surface area contributed by atoms with E-state index in [9.17, 15) is 4.79 Å². The van der Waals surface area contributed by atoms with Crippen molar-refractivity contribution in [3.05, 3.63) is 40.8 Å². The molecule has 0 aliphatic heterocycles. The Hall–Kier alpha value is -1.20. The molecule has 0 saturated carbocycles. The Morgan fingerprint density at radius 1 is 1.33 bits per heavy atom. The fourth-order valence-corrected chi connectivity index (χ4v) is 2.51. The lowest BCUT2D eigenvalue weighted by Gasteiger charge is -1.97. The van der Waals surface area contributed by atoms with Gasteiger partial charge in [0.25, 0.3) is 0 Å². The maximum atomic E-state index is 12.0. The summed E-state index contributed by atoms with van der Waals surface area (Å²) in [5, 5.41) is 4.59. The number of benzene rings is 1. The summed E-state index contributed by atoms with van der Waals surface area (Å²) < 4.78 is 3.79. The zero-order valence-corrected chi connectivity index (χ0v) is 9.64. The Morgan fingerprint density at radius 2 is 2.07 bits per heavy atom. The van der Waals surface area contributed by atoms with E-state index in [2.05, 4.69) is 9.59 Å². The highest BCUT2D eigenvalue weighted by Gasteiger charge is 2.16. The van der Waals surface area contributed by atoms with Crippen LogP contribution in [0.4, 0.5) is 0 Å². The predicted molar refractivity (Wildman–Crippen MR) is 61.6 cm³/mol. The molecule has 1 heterocycles. The van der Waals surface area contributed by atoms with E-state index in [4.69, 9.17) is 0 Å². The third-order valence-corrected chi connectivity index (χ3v) is 3.42. The first-order valence-corrected chi connectivity index (χ1v) is 6.29. The van der Waals surface area contributed by atoms with E-state index in [0.717, 1.165) is 11.5 Å². The maximum absolute atomic E-state index is 12.0. The molecule has 3 nitrogen and oxygen atoms in total. The Balaban J connectivity index is 2.37. The van der Waals surface area contributed by atoms with Crippen molar-refractivity contribution >= 4 is 29.1 Å². The molecule has 0 aliphatic rings. The summed E-state index contributed by atoms with van der Waals surface area (Å²) in [6.45, 7) is 0. The summed E-state index contributed by atoms with van der Waals surface area (Å²) in [4.78, 5) is 12.6. The zero-order chi connectivity index (χ0) is 10.7. The predicted octanol–water partition coefficient (Wildman–Crippen LogP) is 2.49. The topological polar surface area (TPSA) is 42.9 Å². The molecule has 15 heavy (non-hydrogen) atoms. The molecule has 2 rings (SSSR count). The molecule has 1 aromatic carbocycles. The van der Waals surface area contributed by atoms with Gasteiger partial charge < -0.3 is 0 Å². The highest BCUT2D eigenvalue weighted by molar-refractivity contribution is 7.98. The number of hydrogen-bond acceptors (Lipinski definition) is 5. The summed E-state index contributed by atoms with van der Waals surface area (Å²) in [5.74, 6) is -0.00468. The number of rotatable bonds is 3. The van der Waals surface area contributed by atoms with Gasteiger partial charge in [-0.25, -0.2) is 0 Å². The molecule has 0 unspecified atom stereocenters. The van der Waals surface area contributed by atoms with E-state index in [0.29, 0.717) is 15.5 Å². The molecule has 2 aromatic rings. The van der Waals surface area contributed by atoms with Crippen LogP contribution in [0.2, 0.25) is 0 Å². The molecular formula is C10H8N2OS2. The van der Waals surface area contributed by atoms with Crippen LogP contribution in [-0.4, -0.2) is 21.6 Å². The van der Waals surface area contributed by atoms with Crippen LogP contribution in [0.1, 0.15) is 15.2 Å². The lowest BCUT2D eigenvalue weighted by Crippen LogP contribution is -1.99. The van der Waals surface area contributed by atoms with Crippen LogP contribution >= 0.6 is 23.3 Å². The van der Waals surface area contributed by atoms with E-state index in [1.807, 2.05) is 24.5 Å². The Bertz CT molecular complexity index is 467. The van der Waals surface area contributed by atoms with Gasteiger partial charge in [0.2, 0.25) is 5.78 Å². The van der Waals surface area contributed by atoms with Gasteiger partial charge in [-0.15, -0.1) is 16.9 Å². The smallest absolute Gasteiger partial charge is 0.207 e. The van der Waals surface area contributed by atoms with Crippen molar-refractivity contribution < 1.29 is 4.79 Å². The molecule has 0 aliphatic carbocycles. The van der Waals surface area contributed by atoms with Gasteiger partial charge in [0.15, 0.2) is 0 Å². The van der Waals surface area contributed by atoms with Crippen LogP contribution in [0.25, 0.3) is 0 Å². The average Bonchev–Trinajstić information content (AvgIpc) is 2.77. The van der Waals surface area contributed by atoms with E-state index in [1.165, 1.54) is 11.8 Å². The molecule has 0 atom stereocenters. The third kappa shape index (κ3) is 2.08. The van der Waals surface area contributed by atoms with E-state index < -0.39 is 0 Å². The largest absolute Gasteiger partial charge is 0.288 e. The third-order valence-electron chi connectivity index (χ3n) is 1.89. The summed E-state index contributed by atoms with van der Waals surface area (Å²) in [7, 11) is 0. The minimum atomic E-state index is -0.00468. The second-order valence-electron chi connectivity index (χ2n) is 2.81. The number of ketones is 1. The number of carbonyl (C=O) groups excluding carboxylic acids is 1. The number of nitrogens with zero attached hydrogens (tertiary/aromatic N) is 2. The van der Waals surface area contributed by atoms with Crippen LogP contribution in [0, 0.1) is 0 Å². The van der Waals surface area contributed by atoms with Gasteiger partial charge in [-0.2, -0.15) is 0 Å². The van der Waals surface area contributed by atoms with Crippen molar-refractivity contribution in [1.29, 1.82) is 0 Å². The Kier molecular flexibility index (Phi) is 3.13. The first kappa shape index (κ1) is 10.3. The molecule has 5 heteroatoms. The van der Waals surface area contributed by atoms with Crippen molar-refractivity contribution in [2.24, 2.45) is 0 Å². The molecule has 0 fully saturated rings. The number of thioether (sulfide) groups is 1. The molecule has 0 amide bonds. The molecular weight excluding hydrogens is 228 g/mol. The van der Waals surface area contributed by atoms with Crippen LogP contribution in [0.5, 0.6) is 0 Å². The van der Waals surface area contributed by atoms with Crippen LogP contribution in [-0.2, 0) is 0 Å². The highest BCUT2D eigenvalue weighted by Crippen LogP contribution is 2.23. The summed E-state index contributed by atoms with van der Waals surface area (Å²) in [6.07, 6.45) is 1.89. The van der Waals surface area contributed by atoms with Crippen LogP contribution < -0.4 is 0 Å². The lowest BCUT2D eigenvalue weighted by molar-refractivity contribution is 0.103. The minimum Gasteiger partial charge on any atom is -0.288 e. The standard InChI is InChI=1S/C10H8N2OS2/c1-14-10-9(15-12-11-10)8(13)7-5-3-2-4-6-7/h2-6H,1H3. The Labute approximate surface area is 95.7 Å². The quantitative estimate of drug-likeness (QED) is 0.606. The molecule has 0 radical (unpaired) electrons. The highest BCUT2D eigenvalue weighted by atomic mass is 32.2. The van der Waals surface area contributed by atoms with E-state index in [-0.39, 0.29) is 5.78 Å². The molecule has 76 valence electrons. The van der Waals surface area contributed by atoms with E-state index in [1.54, 1.807) is 12.1 Å². The number of aromatic nitrogens is 2. The van der Waals surface area contributed by atoms with Gasteiger partial charge in [-0.1, -0.05) is 34.8 Å². The van der Waals surface area contributed by atoms with Gasteiger partial charge in [-0.3, -0.25) is 4.79 Å². The minimum absolute atomic E-state index is 0.00468. The van der Waals surface area contributed by atoms with Crippen molar-refractivity contribution in [2.75, 3.05) is 6.26 Å². The van der Waals surface area contributed by atoms with Gasteiger partial charge in [0, 0.05) is 5.56 Å². The molecule has 0 spiro atoms.